The molecule has 1 amide bonds. The first-order valence-electron chi connectivity index (χ1n) is 10.6. The van der Waals surface area contributed by atoms with Crippen LogP contribution in [-0.4, -0.2) is 59.1 Å². The van der Waals surface area contributed by atoms with Crippen LogP contribution in [0.4, 0.5) is 10.5 Å². The summed E-state index contributed by atoms with van der Waals surface area (Å²) in [4.78, 5) is 27.2. The number of hydrogen-bond acceptors (Lipinski definition) is 5. The normalized spacial score (nSPS) is 20.4. The molecule has 1 aliphatic heterocycles. The van der Waals surface area contributed by atoms with Gasteiger partial charge in [0.05, 0.1) is 4.92 Å². The van der Waals surface area contributed by atoms with E-state index in [1.807, 2.05) is 31.7 Å². The predicted molar refractivity (Wildman–Crippen MR) is 112 cm³/mol. The van der Waals surface area contributed by atoms with Crippen LogP contribution >= 0.6 is 0 Å². The summed E-state index contributed by atoms with van der Waals surface area (Å²) in [5.74, 6) is 0.560. The minimum absolute atomic E-state index is 0.182. The highest BCUT2D eigenvalue weighted by atomic mass is 16.6. The average molecular weight is 404 g/mol. The summed E-state index contributed by atoms with van der Waals surface area (Å²) in [6.45, 7) is 8.16. The number of nitrogens with zero attached hydrogens (tertiary/aromatic N) is 3. The van der Waals surface area contributed by atoms with Crippen LogP contribution in [0.1, 0.15) is 51.2 Å². The van der Waals surface area contributed by atoms with Crippen molar-refractivity contribution < 1.29 is 14.5 Å². The van der Waals surface area contributed by atoms with Gasteiger partial charge in [-0.25, -0.2) is 4.79 Å². The largest absolute Gasteiger partial charge is 0.444 e. The van der Waals surface area contributed by atoms with Crippen molar-refractivity contribution in [3.8, 4) is 0 Å². The third-order valence-corrected chi connectivity index (χ3v) is 6.04. The highest BCUT2D eigenvalue weighted by Gasteiger charge is 2.29. The number of rotatable bonds is 4. The van der Waals surface area contributed by atoms with Gasteiger partial charge in [-0.2, -0.15) is 0 Å². The van der Waals surface area contributed by atoms with E-state index in [0.29, 0.717) is 12.0 Å². The zero-order valence-corrected chi connectivity index (χ0v) is 18.0. The van der Waals surface area contributed by atoms with Crippen molar-refractivity contribution >= 4 is 11.8 Å². The molecule has 0 N–H and O–H groups in total. The van der Waals surface area contributed by atoms with Crippen molar-refractivity contribution in [2.45, 2.75) is 64.5 Å². The van der Waals surface area contributed by atoms with E-state index >= 15 is 0 Å². The summed E-state index contributed by atoms with van der Waals surface area (Å²) >= 11 is 0. The molecule has 1 saturated heterocycles. The minimum Gasteiger partial charge on any atom is -0.444 e. The molecule has 0 radical (unpaired) electrons. The van der Waals surface area contributed by atoms with Gasteiger partial charge in [0.1, 0.15) is 5.60 Å². The molecule has 0 bridgehead atoms. The quantitative estimate of drug-likeness (QED) is 0.560. The van der Waals surface area contributed by atoms with Gasteiger partial charge in [0.2, 0.25) is 0 Å². The lowest BCUT2D eigenvalue weighted by Crippen LogP contribution is -2.45. The summed E-state index contributed by atoms with van der Waals surface area (Å²) < 4.78 is 5.48. The Labute approximate surface area is 173 Å². The fraction of sp³-hybridized carbons (Fsp3) is 0.682. The van der Waals surface area contributed by atoms with E-state index in [2.05, 4.69) is 11.9 Å². The number of amides is 1. The number of ether oxygens (including phenoxy) is 1. The van der Waals surface area contributed by atoms with Gasteiger partial charge in [0, 0.05) is 37.8 Å². The molecule has 0 saturated carbocycles. The molecule has 160 valence electrons. The molecule has 1 atom stereocenters. The number of carbonyl (C=O) groups excluding carboxylic acids is 1. The third-order valence-electron chi connectivity index (χ3n) is 6.04. The summed E-state index contributed by atoms with van der Waals surface area (Å²) in [6.07, 6.45) is 4.67. The van der Waals surface area contributed by atoms with Gasteiger partial charge < -0.3 is 14.5 Å². The van der Waals surface area contributed by atoms with Gasteiger partial charge in [0.25, 0.3) is 5.69 Å². The standard InChI is InChI=1S/C22H33N3O4/c1-22(2,3)29-21(26)24-11-9-16(10-12-24)15-23(4)19-7-5-17-6-8-20(25(27)28)14-18(17)13-19/h6,8,14,16,19H,5,7,9-13,15H2,1-4H3. The van der Waals surface area contributed by atoms with E-state index < -0.39 is 5.60 Å². The van der Waals surface area contributed by atoms with Crippen molar-refractivity contribution in [1.29, 1.82) is 0 Å². The zero-order chi connectivity index (χ0) is 21.2. The molecule has 7 heteroatoms. The molecule has 1 heterocycles. The number of benzene rings is 1. The van der Waals surface area contributed by atoms with E-state index in [1.54, 1.807) is 12.1 Å². The Hall–Kier alpha value is -2.15. The second-order valence-electron chi connectivity index (χ2n) is 9.46. The first kappa shape index (κ1) is 21.6. The maximum atomic E-state index is 12.2. The van der Waals surface area contributed by atoms with Crippen molar-refractivity contribution in [2.24, 2.45) is 5.92 Å². The topological polar surface area (TPSA) is 75.9 Å². The Bertz CT molecular complexity index is 751. The number of hydrogen-bond donors (Lipinski definition) is 0. The molecule has 29 heavy (non-hydrogen) atoms. The molecule has 2 aliphatic rings. The fourth-order valence-electron chi connectivity index (χ4n) is 4.39. The number of fused-ring (bicyclic) bond motifs is 1. The number of non-ortho nitro benzene ring substituents is 1. The number of aryl methyl sites for hydroxylation is 1. The SMILES string of the molecule is CN(CC1CCN(C(=O)OC(C)(C)C)CC1)C1CCc2ccc([N+](=O)[O-])cc2C1. The Morgan fingerprint density at radius 1 is 1.24 bits per heavy atom. The van der Waals surface area contributed by atoms with E-state index in [1.165, 1.54) is 5.56 Å². The van der Waals surface area contributed by atoms with Gasteiger partial charge in [-0.15, -0.1) is 0 Å². The summed E-state index contributed by atoms with van der Waals surface area (Å²) in [5, 5.41) is 11.1. The molecule has 1 fully saturated rings. The first-order chi connectivity index (χ1) is 13.6. The maximum Gasteiger partial charge on any atom is 0.410 e. The van der Waals surface area contributed by atoms with E-state index in [4.69, 9.17) is 4.74 Å². The lowest BCUT2D eigenvalue weighted by molar-refractivity contribution is -0.384. The number of piperidine rings is 1. The maximum absolute atomic E-state index is 12.2. The summed E-state index contributed by atoms with van der Waals surface area (Å²) in [5.41, 5.74) is 2.08. The first-order valence-corrected chi connectivity index (χ1v) is 10.6. The van der Waals surface area contributed by atoms with Gasteiger partial charge in [-0.3, -0.25) is 10.1 Å². The fourth-order valence-corrected chi connectivity index (χ4v) is 4.39. The van der Waals surface area contributed by atoms with Crippen molar-refractivity contribution in [2.75, 3.05) is 26.7 Å². The van der Waals surface area contributed by atoms with Crippen LogP contribution in [0.15, 0.2) is 18.2 Å². The smallest absolute Gasteiger partial charge is 0.410 e. The van der Waals surface area contributed by atoms with Crippen LogP contribution in [0.25, 0.3) is 0 Å². The molecule has 0 spiro atoms. The lowest BCUT2D eigenvalue weighted by Gasteiger charge is -2.38. The van der Waals surface area contributed by atoms with Crippen LogP contribution < -0.4 is 0 Å². The molecular formula is C22H33N3O4. The number of nitro benzene ring substituents is 1. The van der Waals surface area contributed by atoms with E-state index in [9.17, 15) is 14.9 Å². The van der Waals surface area contributed by atoms with Gasteiger partial charge >= 0.3 is 6.09 Å². The van der Waals surface area contributed by atoms with Gasteiger partial charge in [-0.1, -0.05) is 6.07 Å². The van der Waals surface area contributed by atoms with Crippen molar-refractivity contribution in [3.05, 3.63) is 39.4 Å². The highest BCUT2D eigenvalue weighted by Crippen LogP contribution is 2.29. The Kier molecular flexibility index (Phi) is 6.46. The second-order valence-corrected chi connectivity index (χ2v) is 9.46. The zero-order valence-electron chi connectivity index (χ0n) is 18.0. The molecule has 3 rings (SSSR count). The average Bonchev–Trinajstić information content (AvgIpc) is 2.66. The predicted octanol–water partition coefficient (Wildman–Crippen LogP) is 4.03. The van der Waals surface area contributed by atoms with Crippen LogP contribution in [0, 0.1) is 16.0 Å². The third kappa shape index (κ3) is 5.69. The van der Waals surface area contributed by atoms with Gasteiger partial charge in [-0.05, 0) is 77.0 Å². The molecule has 1 aromatic carbocycles. The molecule has 1 unspecified atom stereocenters. The minimum atomic E-state index is -0.458. The number of likely N-dealkylation sites (N-methyl/N-ethyl adjacent to an activating group) is 1. The summed E-state index contributed by atoms with van der Waals surface area (Å²) in [7, 11) is 2.16. The summed E-state index contributed by atoms with van der Waals surface area (Å²) in [6, 6.07) is 5.68. The molecular weight excluding hydrogens is 370 g/mol. The van der Waals surface area contributed by atoms with Crippen LogP contribution in [0.2, 0.25) is 0 Å². The number of carbonyl (C=O) groups is 1. The van der Waals surface area contributed by atoms with E-state index in [0.717, 1.165) is 57.3 Å². The van der Waals surface area contributed by atoms with Crippen LogP contribution in [-0.2, 0) is 17.6 Å². The molecule has 7 nitrogen and oxygen atoms in total. The van der Waals surface area contributed by atoms with Crippen molar-refractivity contribution in [1.82, 2.24) is 9.80 Å². The molecule has 1 aliphatic carbocycles. The van der Waals surface area contributed by atoms with Gasteiger partial charge in [0.15, 0.2) is 0 Å². The van der Waals surface area contributed by atoms with Crippen molar-refractivity contribution in [3.63, 3.8) is 0 Å². The Morgan fingerprint density at radius 3 is 2.55 bits per heavy atom. The second kappa shape index (κ2) is 8.69. The number of nitro groups is 1. The van der Waals surface area contributed by atoms with Crippen LogP contribution in [0.3, 0.4) is 0 Å². The molecule has 1 aromatic rings. The Balaban J connectivity index is 1.50. The van der Waals surface area contributed by atoms with Crippen LogP contribution in [0.5, 0.6) is 0 Å². The lowest BCUT2D eigenvalue weighted by atomic mass is 9.86. The monoisotopic (exact) mass is 403 g/mol. The van der Waals surface area contributed by atoms with E-state index in [-0.39, 0.29) is 16.7 Å². The number of likely N-dealkylation sites (tertiary alicyclic amines) is 1. The molecule has 0 aromatic heterocycles. The Morgan fingerprint density at radius 2 is 1.93 bits per heavy atom. The highest BCUT2D eigenvalue weighted by molar-refractivity contribution is 5.68.